The summed E-state index contributed by atoms with van der Waals surface area (Å²) in [5.74, 6) is -1.44. The molecule has 0 aliphatic carbocycles. The molecule has 0 amide bonds. The van der Waals surface area contributed by atoms with Gasteiger partial charge in [-0.05, 0) is 12.5 Å². The van der Waals surface area contributed by atoms with Crippen LogP contribution in [-0.4, -0.2) is 28.8 Å². The van der Waals surface area contributed by atoms with E-state index in [-0.39, 0.29) is 6.42 Å². The lowest BCUT2D eigenvalue weighted by Gasteiger charge is -2.31. The van der Waals surface area contributed by atoms with Crippen molar-refractivity contribution in [3.8, 4) is 0 Å². The van der Waals surface area contributed by atoms with Crippen molar-refractivity contribution in [2.24, 2.45) is 0 Å². The van der Waals surface area contributed by atoms with E-state index in [4.69, 9.17) is 5.11 Å². The maximum atomic E-state index is 12.1. The Morgan fingerprint density at radius 3 is 1.82 bits per heavy atom. The Labute approximate surface area is 92.9 Å². The number of allylic oxidation sites excluding steroid dienone is 2. The molecule has 2 nitrogen and oxygen atoms in total. The molecule has 0 aliphatic heterocycles. The third kappa shape index (κ3) is 3.72. The summed E-state index contributed by atoms with van der Waals surface area (Å²) >= 11 is 0. The molecule has 100 valence electrons. The fourth-order valence-corrected chi connectivity index (χ4v) is 0.922. The molecule has 0 spiro atoms. The van der Waals surface area contributed by atoms with Crippen LogP contribution in [0.2, 0.25) is 0 Å². The van der Waals surface area contributed by atoms with Gasteiger partial charge in [-0.25, -0.2) is 0 Å². The second-order valence-corrected chi connectivity index (χ2v) is 3.31. The molecular weight excluding hydrogens is 254 g/mol. The molecule has 1 N–H and O–H groups in total. The number of carbonyl (C=O) groups excluding carboxylic acids is 1. The van der Waals surface area contributed by atoms with E-state index in [1.165, 1.54) is 0 Å². The molecule has 0 saturated carbocycles. The average molecular weight is 264 g/mol. The van der Waals surface area contributed by atoms with E-state index in [1.807, 2.05) is 0 Å². The van der Waals surface area contributed by atoms with E-state index < -0.39 is 30.2 Å². The largest absolute Gasteiger partial charge is 0.426 e. The number of hydrogen-bond acceptors (Lipinski definition) is 2. The van der Waals surface area contributed by atoms with Crippen molar-refractivity contribution in [2.45, 2.75) is 37.7 Å². The summed E-state index contributed by atoms with van der Waals surface area (Å²) in [6.45, 7) is 1.55. The minimum atomic E-state index is -5.96. The standard InChI is InChI=1S/C9H10F6O2/c1-2-3-4-6(16)5-7(17,8(10,11)12)9(13,14)15/h3-4,17H,2,5H2,1H3. The van der Waals surface area contributed by atoms with Crippen molar-refractivity contribution in [1.29, 1.82) is 0 Å². The first kappa shape index (κ1) is 16.0. The third-order valence-electron chi connectivity index (χ3n) is 1.91. The van der Waals surface area contributed by atoms with Crippen LogP contribution in [0.25, 0.3) is 0 Å². The quantitative estimate of drug-likeness (QED) is 0.626. The highest BCUT2D eigenvalue weighted by Gasteiger charge is 2.70. The van der Waals surface area contributed by atoms with Crippen LogP contribution in [-0.2, 0) is 4.79 Å². The first-order chi connectivity index (χ1) is 7.45. The zero-order valence-corrected chi connectivity index (χ0v) is 8.69. The van der Waals surface area contributed by atoms with E-state index in [0.29, 0.717) is 6.08 Å². The summed E-state index contributed by atoms with van der Waals surface area (Å²) in [4.78, 5) is 10.9. The van der Waals surface area contributed by atoms with Crippen LogP contribution < -0.4 is 0 Å². The van der Waals surface area contributed by atoms with Gasteiger partial charge in [-0.15, -0.1) is 0 Å². The van der Waals surface area contributed by atoms with Gasteiger partial charge < -0.3 is 5.11 Å². The van der Waals surface area contributed by atoms with E-state index in [9.17, 15) is 31.1 Å². The normalized spacial score (nSPS) is 14.4. The number of alkyl halides is 6. The Morgan fingerprint density at radius 1 is 1.12 bits per heavy atom. The Hall–Kier alpha value is -1.05. The van der Waals surface area contributed by atoms with Crippen molar-refractivity contribution in [1.82, 2.24) is 0 Å². The van der Waals surface area contributed by atoms with Crippen LogP contribution in [0.3, 0.4) is 0 Å². The fourth-order valence-electron chi connectivity index (χ4n) is 0.922. The lowest BCUT2D eigenvalue weighted by atomic mass is 9.95. The van der Waals surface area contributed by atoms with Gasteiger partial charge in [0.25, 0.3) is 5.60 Å². The number of aliphatic hydroxyl groups is 1. The summed E-state index contributed by atoms with van der Waals surface area (Å²) in [6, 6.07) is 0. The molecule has 0 radical (unpaired) electrons. The van der Waals surface area contributed by atoms with Crippen molar-refractivity contribution < 1.29 is 36.2 Å². The third-order valence-corrected chi connectivity index (χ3v) is 1.91. The van der Waals surface area contributed by atoms with Gasteiger partial charge in [-0.2, -0.15) is 26.3 Å². The molecule has 0 aromatic rings. The number of carbonyl (C=O) groups is 1. The molecule has 8 heteroatoms. The number of rotatable bonds is 4. The highest BCUT2D eigenvalue weighted by atomic mass is 19.4. The predicted octanol–water partition coefficient (Wildman–Crippen LogP) is 2.77. The fraction of sp³-hybridized carbons (Fsp3) is 0.667. The van der Waals surface area contributed by atoms with Crippen LogP contribution in [0.1, 0.15) is 19.8 Å². The van der Waals surface area contributed by atoms with Crippen LogP contribution in [0.5, 0.6) is 0 Å². The van der Waals surface area contributed by atoms with Gasteiger partial charge in [0.2, 0.25) is 0 Å². The molecule has 0 saturated heterocycles. The zero-order chi connectivity index (χ0) is 13.9. The molecule has 0 aromatic heterocycles. The van der Waals surface area contributed by atoms with Gasteiger partial charge in [-0.3, -0.25) is 4.79 Å². The summed E-state index contributed by atoms with van der Waals surface area (Å²) in [7, 11) is 0. The van der Waals surface area contributed by atoms with Crippen molar-refractivity contribution in [3.05, 3.63) is 12.2 Å². The molecule has 0 aromatic carbocycles. The van der Waals surface area contributed by atoms with E-state index >= 15 is 0 Å². The van der Waals surface area contributed by atoms with Crippen molar-refractivity contribution in [2.75, 3.05) is 0 Å². The maximum Gasteiger partial charge on any atom is 0.426 e. The number of hydrogen-bond donors (Lipinski definition) is 1. The van der Waals surface area contributed by atoms with E-state index in [2.05, 4.69) is 0 Å². The minimum Gasteiger partial charge on any atom is -0.373 e. The minimum absolute atomic E-state index is 0.280. The van der Waals surface area contributed by atoms with Gasteiger partial charge >= 0.3 is 12.4 Å². The summed E-state index contributed by atoms with van der Waals surface area (Å²) in [5.41, 5.74) is -5.00. The molecule has 0 aliphatic rings. The van der Waals surface area contributed by atoms with Crippen LogP contribution in [0.15, 0.2) is 12.2 Å². The van der Waals surface area contributed by atoms with E-state index in [0.717, 1.165) is 6.08 Å². The maximum absolute atomic E-state index is 12.1. The summed E-state index contributed by atoms with van der Waals surface area (Å²) in [5, 5.41) is 8.65. The summed E-state index contributed by atoms with van der Waals surface area (Å²) < 4.78 is 72.8. The van der Waals surface area contributed by atoms with Crippen molar-refractivity contribution in [3.63, 3.8) is 0 Å². The first-order valence-electron chi connectivity index (χ1n) is 4.51. The molecule has 0 bridgehead atoms. The molecule has 0 atom stereocenters. The van der Waals surface area contributed by atoms with Gasteiger partial charge in [0.05, 0.1) is 6.42 Å². The smallest absolute Gasteiger partial charge is 0.373 e. The van der Waals surface area contributed by atoms with Gasteiger partial charge in [-0.1, -0.05) is 13.0 Å². The number of ketones is 1. The lowest BCUT2D eigenvalue weighted by Crippen LogP contribution is -2.57. The monoisotopic (exact) mass is 264 g/mol. The molecule has 0 heterocycles. The first-order valence-corrected chi connectivity index (χ1v) is 4.51. The van der Waals surface area contributed by atoms with E-state index in [1.54, 1.807) is 6.92 Å². The SMILES string of the molecule is CCC=CC(=O)CC(O)(C(F)(F)F)C(F)(F)F. The Bertz CT molecular complexity index is 288. The second-order valence-electron chi connectivity index (χ2n) is 3.31. The van der Waals surface area contributed by atoms with Crippen LogP contribution in [0.4, 0.5) is 26.3 Å². The second kappa shape index (κ2) is 5.07. The summed E-state index contributed by atoms with van der Waals surface area (Å²) in [6.07, 6.45) is -12.0. The Balaban J connectivity index is 5.13. The van der Waals surface area contributed by atoms with Crippen molar-refractivity contribution >= 4 is 5.78 Å². The van der Waals surface area contributed by atoms with Crippen LogP contribution in [0, 0.1) is 0 Å². The lowest BCUT2D eigenvalue weighted by molar-refractivity contribution is -0.366. The number of halogens is 6. The van der Waals surface area contributed by atoms with Gasteiger partial charge in [0.1, 0.15) is 0 Å². The molecule has 0 unspecified atom stereocenters. The zero-order valence-electron chi connectivity index (χ0n) is 8.69. The Kier molecular flexibility index (Phi) is 4.76. The van der Waals surface area contributed by atoms with Crippen LogP contribution >= 0.6 is 0 Å². The predicted molar refractivity (Wildman–Crippen MR) is 46.1 cm³/mol. The molecule has 0 rings (SSSR count). The van der Waals surface area contributed by atoms with Gasteiger partial charge in [0.15, 0.2) is 5.78 Å². The average Bonchev–Trinajstić information content (AvgIpc) is 2.10. The van der Waals surface area contributed by atoms with Gasteiger partial charge in [0, 0.05) is 0 Å². The topological polar surface area (TPSA) is 37.3 Å². The Morgan fingerprint density at radius 2 is 1.53 bits per heavy atom. The molecule has 17 heavy (non-hydrogen) atoms. The highest BCUT2D eigenvalue weighted by molar-refractivity contribution is 5.90. The molecular formula is C9H10F6O2. The molecule has 0 fully saturated rings. The highest BCUT2D eigenvalue weighted by Crippen LogP contribution is 2.45.